The van der Waals surface area contributed by atoms with E-state index >= 15 is 0 Å². The quantitative estimate of drug-likeness (QED) is 0.497. The maximum Gasteiger partial charge on any atom is 0.373 e. The van der Waals surface area contributed by atoms with Crippen LogP contribution >= 0.6 is 0 Å². The van der Waals surface area contributed by atoms with Crippen LogP contribution in [0.15, 0.2) is 18.2 Å². The van der Waals surface area contributed by atoms with Crippen LogP contribution in [0.4, 0.5) is 5.69 Å². The Morgan fingerprint density at radius 3 is 2.50 bits per heavy atom. The van der Waals surface area contributed by atoms with Gasteiger partial charge in [-0.2, -0.15) is 5.26 Å². The third kappa shape index (κ3) is 4.08. The number of nitro benzene ring substituents is 1. The van der Waals surface area contributed by atoms with Gasteiger partial charge in [0.05, 0.1) is 10.5 Å². The van der Waals surface area contributed by atoms with Crippen LogP contribution in [0.1, 0.15) is 29.8 Å². The minimum Gasteiger partial charge on any atom is -0.304 e. The van der Waals surface area contributed by atoms with Gasteiger partial charge < -0.3 is 4.90 Å². The summed E-state index contributed by atoms with van der Waals surface area (Å²) in [5.41, 5.74) is -0.0961. The SMILES string of the molecule is CN1CCN(CC(C)(C)c2ccc(C(=O)OO)cc2[N+](=O)[O-])CC1. The number of rotatable bonds is 5. The summed E-state index contributed by atoms with van der Waals surface area (Å²) in [6, 6.07) is 4.16. The molecule has 1 aliphatic rings. The third-order valence-electron chi connectivity index (χ3n) is 4.46. The van der Waals surface area contributed by atoms with Crippen molar-refractivity contribution >= 4 is 11.7 Å². The molecule has 1 heterocycles. The summed E-state index contributed by atoms with van der Waals surface area (Å²) in [5, 5.41) is 19.9. The first-order valence-corrected chi connectivity index (χ1v) is 7.80. The van der Waals surface area contributed by atoms with Crippen molar-refractivity contribution in [2.45, 2.75) is 19.3 Å². The first-order chi connectivity index (χ1) is 11.2. The standard InChI is InChI=1S/C16H23N3O5/c1-16(2,11-18-8-6-17(3)7-9-18)13-5-4-12(15(20)24-23)10-14(13)19(21)22/h4-5,10,23H,6-9,11H2,1-3H3. The van der Waals surface area contributed by atoms with Gasteiger partial charge in [0, 0.05) is 49.8 Å². The lowest BCUT2D eigenvalue weighted by Gasteiger charge is -2.37. The van der Waals surface area contributed by atoms with Crippen molar-refractivity contribution in [3.05, 3.63) is 39.4 Å². The molecule has 0 aliphatic carbocycles. The molecule has 2 rings (SSSR count). The molecule has 1 aliphatic heterocycles. The molecular weight excluding hydrogens is 314 g/mol. The Balaban J connectivity index is 2.28. The summed E-state index contributed by atoms with van der Waals surface area (Å²) >= 11 is 0. The number of hydrogen-bond acceptors (Lipinski definition) is 7. The van der Waals surface area contributed by atoms with Crippen LogP contribution in [0, 0.1) is 10.1 Å². The number of carbonyl (C=O) groups excluding carboxylic acids is 1. The number of benzene rings is 1. The molecule has 0 spiro atoms. The van der Waals surface area contributed by atoms with Crippen LogP contribution in [0.3, 0.4) is 0 Å². The Morgan fingerprint density at radius 2 is 1.96 bits per heavy atom. The van der Waals surface area contributed by atoms with Crippen LogP contribution in [0.25, 0.3) is 0 Å². The molecule has 1 fully saturated rings. The Bertz CT molecular complexity index is 624. The predicted molar refractivity (Wildman–Crippen MR) is 88.1 cm³/mol. The van der Waals surface area contributed by atoms with E-state index in [1.165, 1.54) is 6.07 Å². The van der Waals surface area contributed by atoms with Crippen LogP contribution in [-0.4, -0.2) is 65.7 Å². The summed E-state index contributed by atoms with van der Waals surface area (Å²) in [6.45, 7) is 8.38. The highest BCUT2D eigenvalue weighted by Crippen LogP contribution is 2.33. The molecule has 1 aromatic carbocycles. The predicted octanol–water partition coefficient (Wildman–Crippen LogP) is 1.75. The van der Waals surface area contributed by atoms with Crippen LogP contribution in [0.2, 0.25) is 0 Å². The lowest BCUT2D eigenvalue weighted by atomic mass is 9.82. The Kier molecular flexibility index (Phi) is 5.53. The van der Waals surface area contributed by atoms with Gasteiger partial charge >= 0.3 is 5.97 Å². The van der Waals surface area contributed by atoms with E-state index in [0.717, 1.165) is 32.2 Å². The molecule has 8 nitrogen and oxygen atoms in total. The molecule has 0 radical (unpaired) electrons. The summed E-state index contributed by atoms with van der Waals surface area (Å²) in [7, 11) is 2.08. The van der Waals surface area contributed by atoms with Crippen LogP contribution < -0.4 is 0 Å². The van der Waals surface area contributed by atoms with Gasteiger partial charge in [-0.15, -0.1) is 0 Å². The molecule has 0 aromatic heterocycles. The van der Waals surface area contributed by atoms with Crippen molar-refractivity contribution in [2.24, 2.45) is 0 Å². The van der Waals surface area contributed by atoms with Gasteiger partial charge in [0.25, 0.3) is 5.69 Å². The first-order valence-electron chi connectivity index (χ1n) is 7.80. The molecule has 24 heavy (non-hydrogen) atoms. The number of nitrogens with zero attached hydrogens (tertiary/aromatic N) is 3. The highest BCUT2D eigenvalue weighted by molar-refractivity contribution is 5.90. The van der Waals surface area contributed by atoms with Crippen molar-refractivity contribution < 1.29 is 19.9 Å². The van der Waals surface area contributed by atoms with Crippen LogP contribution in [-0.2, 0) is 10.3 Å². The van der Waals surface area contributed by atoms with E-state index in [1.54, 1.807) is 6.07 Å². The molecule has 132 valence electrons. The second-order valence-corrected chi connectivity index (χ2v) is 6.83. The molecule has 0 atom stereocenters. The monoisotopic (exact) mass is 337 g/mol. The fraction of sp³-hybridized carbons (Fsp3) is 0.562. The molecule has 1 aromatic rings. The Morgan fingerprint density at radius 1 is 1.33 bits per heavy atom. The zero-order chi connectivity index (χ0) is 17.9. The van der Waals surface area contributed by atoms with E-state index in [1.807, 2.05) is 13.8 Å². The molecule has 0 unspecified atom stereocenters. The maximum atomic E-state index is 11.4. The van der Waals surface area contributed by atoms with Gasteiger partial charge in [-0.3, -0.25) is 19.9 Å². The van der Waals surface area contributed by atoms with Gasteiger partial charge in [-0.25, -0.2) is 4.79 Å². The van der Waals surface area contributed by atoms with E-state index in [0.29, 0.717) is 12.1 Å². The number of nitro groups is 1. The second-order valence-electron chi connectivity index (χ2n) is 6.83. The van der Waals surface area contributed by atoms with Gasteiger partial charge in [-0.05, 0) is 13.1 Å². The van der Waals surface area contributed by atoms with E-state index in [2.05, 4.69) is 21.7 Å². The highest BCUT2D eigenvalue weighted by Gasteiger charge is 2.32. The summed E-state index contributed by atoms with van der Waals surface area (Å²) < 4.78 is 0. The fourth-order valence-corrected chi connectivity index (χ4v) is 3.08. The minimum atomic E-state index is -1.01. The molecule has 0 amide bonds. The summed E-state index contributed by atoms with van der Waals surface area (Å²) in [4.78, 5) is 30.5. The van der Waals surface area contributed by atoms with E-state index in [4.69, 9.17) is 5.26 Å². The molecule has 0 bridgehead atoms. The Labute approximate surface area is 140 Å². The maximum absolute atomic E-state index is 11.4. The number of hydrogen-bond donors (Lipinski definition) is 1. The van der Waals surface area contributed by atoms with Crippen molar-refractivity contribution in [1.29, 1.82) is 0 Å². The normalized spacial score (nSPS) is 16.8. The number of likely N-dealkylation sites (N-methyl/N-ethyl adjacent to an activating group) is 1. The zero-order valence-corrected chi connectivity index (χ0v) is 14.2. The van der Waals surface area contributed by atoms with Crippen LogP contribution in [0.5, 0.6) is 0 Å². The minimum absolute atomic E-state index is 0.0525. The molecular formula is C16H23N3O5. The Hall–Kier alpha value is -2.03. The first kappa shape index (κ1) is 18.3. The van der Waals surface area contributed by atoms with Crippen molar-refractivity contribution in [1.82, 2.24) is 9.80 Å². The molecule has 1 saturated heterocycles. The van der Waals surface area contributed by atoms with E-state index in [9.17, 15) is 14.9 Å². The van der Waals surface area contributed by atoms with Crippen molar-refractivity contribution in [3.8, 4) is 0 Å². The summed E-state index contributed by atoms with van der Waals surface area (Å²) in [6.07, 6.45) is 0. The molecule has 0 saturated carbocycles. The van der Waals surface area contributed by atoms with Gasteiger partial charge in [0.15, 0.2) is 0 Å². The zero-order valence-electron chi connectivity index (χ0n) is 14.2. The fourth-order valence-electron chi connectivity index (χ4n) is 3.08. The van der Waals surface area contributed by atoms with E-state index < -0.39 is 16.3 Å². The summed E-state index contributed by atoms with van der Waals surface area (Å²) in [5.74, 6) is -1.01. The average molecular weight is 337 g/mol. The average Bonchev–Trinajstić information content (AvgIpc) is 2.55. The van der Waals surface area contributed by atoms with Gasteiger partial charge in [0.1, 0.15) is 0 Å². The van der Waals surface area contributed by atoms with E-state index in [-0.39, 0.29) is 11.3 Å². The lowest BCUT2D eigenvalue weighted by molar-refractivity contribution is -0.386. The molecule has 1 N–H and O–H groups in total. The van der Waals surface area contributed by atoms with Gasteiger partial charge in [-0.1, -0.05) is 19.9 Å². The lowest BCUT2D eigenvalue weighted by Crippen LogP contribution is -2.48. The largest absolute Gasteiger partial charge is 0.373 e. The third-order valence-corrected chi connectivity index (χ3v) is 4.46. The van der Waals surface area contributed by atoms with Gasteiger partial charge in [0.2, 0.25) is 0 Å². The van der Waals surface area contributed by atoms with Crippen molar-refractivity contribution in [2.75, 3.05) is 39.8 Å². The topological polar surface area (TPSA) is 96.2 Å². The highest BCUT2D eigenvalue weighted by atomic mass is 17.1. The van der Waals surface area contributed by atoms with Crippen molar-refractivity contribution in [3.63, 3.8) is 0 Å². The second kappa shape index (κ2) is 7.25. The number of piperazine rings is 1. The molecule has 8 heteroatoms. The number of carbonyl (C=O) groups is 1. The smallest absolute Gasteiger partial charge is 0.304 e.